The van der Waals surface area contributed by atoms with Crippen LogP contribution >= 0.6 is 11.6 Å². The molecule has 164 valence electrons. The van der Waals surface area contributed by atoms with E-state index in [0.29, 0.717) is 34.5 Å². The number of allylic oxidation sites excluding steroid dienone is 1. The lowest BCUT2D eigenvalue weighted by Gasteiger charge is -2.20. The molecule has 0 radical (unpaired) electrons. The SMILES string of the molecule is CCN(CC)c1ccc(/C=C2\Oc3cc(OCc4ccc(Cl)cc4)cc(C)c3C2=O)cc1. The van der Waals surface area contributed by atoms with Crippen LogP contribution in [0.4, 0.5) is 5.69 Å². The van der Waals surface area contributed by atoms with Crippen LogP contribution in [0.1, 0.15) is 40.9 Å². The Kier molecular flexibility index (Phi) is 6.52. The molecule has 0 saturated carbocycles. The third-order valence-corrected chi connectivity index (χ3v) is 5.83. The first-order valence-electron chi connectivity index (χ1n) is 10.8. The maximum absolute atomic E-state index is 13.0. The summed E-state index contributed by atoms with van der Waals surface area (Å²) in [5, 5.41) is 0.691. The van der Waals surface area contributed by atoms with Gasteiger partial charge in [0.05, 0.1) is 5.56 Å². The van der Waals surface area contributed by atoms with Gasteiger partial charge in [-0.05, 0) is 73.9 Å². The standard InChI is InChI=1S/C27H26ClNO3/c1-4-29(5-2)22-12-8-19(9-13-22)15-25-27(30)26-18(3)14-23(16-24(26)32-25)31-17-20-6-10-21(28)11-7-20/h6-16H,4-5,17H2,1-3H3/b25-15-. The smallest absolute Gasteiger partial charge is 0.232 e. The number of rotatable bonds is 7. The molecule has 0 amide bonds. The largest absolute Gasteiger partial charge is 0.489 e. The van der Waals surface area contributed by atoms with Crippen LogP contribution in [-0.4, -0.2) is 18.9 Å². The average Bonchev–Trinajstić information content (AvgIpc) is 3.11. The number of aryl methyl sites for hydroxylation is 1. The van der Waals surface area contributed by atoms with E-state index in [1.165, 1.54) is 0 Å². The summed E-state index contributed by atoms with van der Waals surface area (Å²) in [4.78, 5) is 15.2. The molecule has 1 aliphatic heterocycles. The molecule has 0 N–H and O–H groups in total. The zero-order valence-electron chi connectivity index (χ0n) is 18.5. The summed E-state index contributed by atoms with van der Waals surface area (Å²) in [6.07, 6.45) is 1.79. The molecule has 4 rings (SSSR count). The zero-order chi connectivity index (χ0) is 22.7. The minimum atomic E-state index is -0.102. The van der Waals surface area contributed by atoms with Crippen LogP contribution in [0.3, 0.4) is 0 Å². The van der Waals surface area contributed by atoms with Crippen LogP contribution in [0.2, 0.25) is 5.02 Å². The second-order valence-corrected chi connectivity index (χ2v) is 8.17. The van der Waals surface area contributed by atoms with E-state index in [0.717, 1.165) is 35.5 Å². The number of benzene rings is 3. The fourth-order valence-electron chi connectivity index (χ4n) is 3.83. The normalized spacial score (nSPS) is 13.8. The molecule has 32 heavy (non-hydrogen) atoms. The molecule has 0 unspecified atom stereocenters. The van der Waals surface area contributed by atoms with Gasteiger partial charge in [0.2, 0.25) is 5.78 Å². The molecule has 0 aliphatic carbocycles. The molecule has 3 aromatic carbocycles. The highest BCUT2D eigenvalue weighted by molar-refractivity contribution is 6.30. The number of nitrogens with zero attached hydrogens (tertiary/aromatic N) is 1. The first kappa shape index (κ1) is 22.0. The number of ketones is 1. The molecule has 0 aromatic heterocycles. The van der Waals surface area contributed by atoms with Gasteiger partial charge in [-0.15, -0.1) is 0 Å². The molecule has 0 saturated heterocycles. The van der Waals surface area contributed by atoms with Gasteiger partial charge in [-0.1, -0.05) is 35.9 Å². The van der Waals surface area contributed by atoms with Crippen LogP contribution in [0.15, 0.2) is 66.4 Å². The average molecular weight is 448 g/mol. The number of ether oxygens (including phenoxy) is 2. The molecular weight excluding hydrogens is 422 g/mol. The number of carbonyl (C=O) groups excluding carboxylic acids is 1. The van der Waals surface area contributed by atoms with E-state index in [9.17, 15) is 4.79 Å². The zero-order valence-corrected chi connectivity index (χ0v) is 19.3. The van der Waals surface area contributed by atoms with Gasteiger partial charge in [0.15, 0.2) is 5.76 Å². The fourth-order valence-corrected chi connectivity index (χ4v) is 3.96. The highest BCUT2D eigenvalue weighted by Gasteiger charge is 2.30. The van der Waals surface area contributed by atoms with Crippen molar-refractivity contribution in [2.75, 3.05) is 18.0 Å². The molecule has 0 fully saturated rings. The molecule has 5 heteroatoms. The van der Waals surface area contributed by atoms with E-state index in [4.69, 9.17) is 21.1 Å². The van der Waals surface area contributed by atoms with Gasteiger partial charge in [0, 0.05) is 29.9 Å². The van der Waals surface area contributed by atoms with E-state index < -0.39 is 0 Å². The van der Waals surface area contributed by atoms with Crippen molar-refractivity contribution < 1.29 is 14.3 Å². The van der Waals surface area contributed by atoms with Crippen LogP contribution in [0, 0.1) is 6.92 Å². The Morgan fingerprint density at radius 2 is 1.69 bits per heavy atom. The predicted octanol–water partition coefficient (Wildman–Crippen LogP) is 6.69. The van der Waals surface area contributed by atoms with Crippen LogP contribution in [0.25, 0.3) is 6.08 Å². The Bertz CT molecular complexity index is 1150. The molecule has 1 heterocycles. The Morgan fingerprint density at radius 3 is 2.34 bits per heavy atom. The van der Waals surface area contributed by atoms with Gasteiger partial charge in [0.25, 0.3) is 0 Å². The lowest BCUT2D eigenvalue weighted by atomic mass is 10.0. The van der Waals surface area contributed by atoms with Crippen LogP contribution < -0.4 is 14.4 Å². The highest BCUT2D eigenvalue weighted by Crippen LogP contribution is 2.37. The number of Topliss-reactive ketones (excluding diaryl/α,β-unsaturated/α-hetero) is 1. The molecule has 3 aromatic rings. The van der Waals surface area contributed by atoms with Crippen molar-refractivity contribution in [1.29, 1.82) is 0 Å². The van der Waals surface area contributed by atoms with Crippen molar-refractivity contribution in [2.24, 2.45) is 0 Å². The summed E-state index contributed by atoms with van der Waals surface area (Å²) >= 11 is 5.94. The summed E-state index contributed by atoms with van der Waals surface area (Å²) in [7, 11) is 0. The number of hydrogen-bond acceptors (Lipinski definition) is 4. The summed E-state index contributed by atoms with van der Waals surface area (Å²) in [5.41, 5.74) is 4.53. The summed E-state index contributed by atoms with van der Waals surface area (Å²) in [6.45, 7) is 8.49. The van der Waals surface area contributed by atoms with E-state index in [-0.39, 0.29) is 5.78 Å². The monoisotopic (exact) mass is 447 g/mol. The number of carbonyl (C=O) groups is 1. The third-order valence-electron chi connectivity index (χ3n) is 5.58. The quantitative estimate of drug-likeness (QED) is 0.378. The van der Waals surface area contributed by atoms with E-state index in [1.54, 1.807) is 12.1 Å². The Labute approximate surface area is 194 Å². The van der Waals surface area contributed by atoms with Crippen molar-refractivity contribution in [1.82, 2.24) is 0 Å². The van der Waals surface area contributed by atoms with Gasteiger partial charge in [-0.2, -0.15) is 0 Å². The number of fused-ring (bicyclic) bond motifs is 1. The van der Waals surface area contributed by atoms with E-state index in [1.807, 2.05) is 49.4 Å². The molecular formula is C27H26ClNO3. The first-order valence-corrected chi connectivity index (χ1v) is 11.2. The fraction of sp³-hybridized carbons (Fsp3) is 0.222. The van der Waals surface area contributed by atoms with E-state index in [2.05, 4.69) is 30.9 Å². The second-order valence-electron chi connectivity index (χ2n) is 7.73. The molecule has 0 spiro atoms. The van der Waals surface area contributed by atoms with Gasteiger partial charge >= 0.3 is 0 Å². The van der Waals surface area contributed by atoms with Crippen LogP contribution in [0.5, 0.6) is 11.5 Å². The minimum absolute atomic E-state index is 0.102. The topological polar surface area (TPSA) is 38.8 Å². The molecule has 0 atom stereocenters. The first-order chi connectivity index (χ1) is 15.5. The maximum atomic E-state index is 13.0. The van der Waals surface area contributed by atoms with Crippen molar-refractivity contribution in [3.05, 3.63) is 93.7 Å². The van der Waals surface area contributed by atoms with Crippen molar-refractivity contribution in [3.8, 4) is 11.5 Å². The second kappa shape index (κ2) is 9.49. The number of halogens is 1. The van der Waals surface area contributed by atoms with Crippen molar-refractivity contribution in [2.45, 2.75) is 27.4 Å². The highest BCUT2D eigenvalue weighted by atomic mass is 35.5. The third kappa shape index (κ3) is 4.66. The summed E-state index contributed by atoms with van der Waals surface area (Å²) in [5.74, 6) is 1.42. The van der Waals surface area contributed by atoms with Crippen molar-refractivity contribution in [3.63, 3.8) is 0 Å². The van der Waals surface area contributed by atoms with Gasteiger partial charge in [0.1, 0.15) is 18.1 Å². The summed E-state index contributed by atoms with van der Waals surface area (Å²) < 4.78 is 11.9. The number of hydrogen-bond donors (Lipinski definition) is 0. The Hall–Kier alpha value is -3.24. The molecule has 1 aliphatic rings. The minimum Gasteiger partial charge on any atom is -0.489 e. The van der Waals surface area contributed by atoms with Gasteiger partial charge in [-0.3, -0.25) is 4.79 Å². The molecule has 4 nitrogen and oxygen atoms in total. The summed E-state index contributed by atoms with van der Waals surface area (Å²) in [6, 6.07) is 19.3. The van der Waals surface area contributed by atoms with Crippen LogP contribution in [-0.2, 0) is 6.61 Å². The maximum Gasteiger partial charge on any atom is 0.232 e. The van der Waals surface area contributed by atoms with Gasteiger partial charge < -0.3 is 14.4 Å². The van der Waals surface area contributed by atoms with Gasteiger partial charge in [-0.25, -0.2) is 0 Å². The molecule has 0 bridgehead atoms. The lowest BCUT2D eigenvalue weighted by molar-refractivity contribution is 0.101. The predicted molar refractivity (Wildman–Crippen MR) is 130 cm³/mol. The number of anilines is 1. The van der Waals surface area contributed by atoms with E-state index >= 15 is 0 Å². The lowest BCUT2D eigenvalue weighted by Crippen LogP contribution is -2.21. The Balaban J connectivity index is 1.51. The Morgan fingerprint density at radius 1 is 1.00 bits per heavy atom. The van der Waals surface area contributed by atoms with Crippen molar-refractivity contribution >= 4 is 29.1 Å².